The molecule has 3 rings (SSSR count). The Morgan fingerprint density at radius 3 is 2.24 bits per heavy atom. The van der Waals surface area contributed by atoms with Crippen LogP contribution in [0.2, 0.25) is 0 Å². The van der Waals surface area contributed by atoms with Gasteiger partial charge in [0.2, 0.25) is 0 Å². The van der Waals surface area contributed by atoms with Crippen molar-refractivity contribution in [2.24, 2.45) is 5.92 Å². The van der Waals surface area contributed by atoms with E-state index in [1.165, 1.54) is 0 Å². The summed E-state index contributed by atoms with van der Waals surface area (Å²) in [6, 6.07) is 5.37. The third-order valence-corrected chi connectivity index (χ3v) is 5.58. The molecule has 8 nitrogen and oxygen atoms in total. The van der Waals surface area contributed by atoms with E-state index >= 15 is 0 Å². The number of nitro groups is 1. The molecule has 2 aliphatic heterocycles. The average molecular weight is 405 g/mol. The minimum absolute atomic E-state index is 0.163. The van der Waals surface area contributed by atoms with Gasteiger partial charge in [0.1, 0.15) is 11.3 Å². The number of anilines is 2. The molecule has 0 bridgehead atoms. The molecule has 0 N–H and O–H groups in total. The number of nitrogens with zero attached hydrogens (tertiary/aromatic N) is 4. The first-order valence-corrected chi connectivity index (χ1v) is 10.4. The Morgan fingerprint density at radius 1 is 1.07 bits per heavy atom. The number of piperazine rings is 1. The highest BCUT2D eigenvalue weighted by atomic mass is 16.6. The van der Waals surface area contributed by atoms with Crippen LogP contribution in [0.3, 0.4) is 0 Å². The lowest BCUT2D eigenvalue weighted by Gasteiger charge is -2.37. The third-order valence-electron chi connectivity index (χ3n) is 5.58. The molecule has 160 valence electrons. The molecule has 1 amide bonds. The summed E-state index contributed by atoms with van der Waals surface area (Å²) >= 11 is 0. The molecule has 2 fully saturated rings. The molecule has 0 saturated carbocycles. The number of benzene rings is 1. The van der Waals surface area contributed by atoms with Crippen LogP contribution >= 0.6 is 0 Å². The normalized spacial score (nSPS) is 18.7. The number of rotatable bonds is 3. The first kappa shape index (κ1) is 21.2. The maximum Gasteiger partial charge on any atom is 0.410 e. The van der Waals surface area contributed by atoms with Gasteiger partial charge in [-0.1, -0.05) is 6.92 Å². The fourth-order valence-electron chi connectivity index (χ4n) is 3.84. The second-order valence-corrected chi connectivity index (χ2v) is 9.05. The summed E-state index contributed by atoms with van der Waals surface area (Å²) in [6.45, 7) is 12.0. The van der Waals surface area contributed by atoms with Gasteiger partial charge in [0.25, 0.3) is 5.69 Å². The highest BCUT2D eigenvalue weighted by Crippen LogP contribution is 2.35. The van der Waals surface area contributed by atoms with E-state index in [2.05, 4.69) is 16.7 Å². The number of carbonyl (C=O) groups is 1. The smallest absolute Gasteiger partial charge is 0.410 e. The average Bonchev–Trinajstić information content (AvgIpc) is 2.67. The summed E-state index contributed by atoms with van der Waals surface area (Å²) in [5, 5.41) is 11.6. The molecule has 0 atom stereocenters. The molecule has 0 radical (unpaired) electrons. The Bertz CT molecular complexity index is 746. The second-order valence-electron chi connectivity index (χ2n) is 9.05. The largest absolute Gasteiger partial charge is 0.444 e. The molecular formula is C21H32N4O4. The van der Waals surface area contributed by atoms with E-state index in [0.717, 1.165) is 31.6 Å². The Morgan fingerprint density at radius 2 is 1.69 bits per heavy atom. The number of carbonyl (C=O) groups excluding carboxylic acids is 1. The van der Waals surface area contributed by atoms with Crippen LogP contribution in [0.25, 0.3) is 0 Å². The van der Waals surface area contributed by atoms with Gasteiger partial charge >= 0.3 is 6.09 Å². The van der Waals surface area contributed by atoms with Crippen molar-refractivity contribution in [3.05, 3.63) is 28.3 Å². The molecule has 0 unspecified atom stereocenters. The van der Waals surface area contributed by atoms with Crippen LogP contribution in [-0.2, 0) is 4.74 Å². The van der Waals surface area contributed by atoms with Gasteiger partial charge in [-0.3, -0.25) is 10.1 Å². The summed E-state index contributed by atoms with van der Waals surface area (Å²) in [5.41, 5.74) is 1.32. The lowest BCUT2D eigenvalue weighted by molar-refractivity contribution is -0.384. The molecule has 1 aromatic carbocycles. The number of ether oxygens (including phenoxy) is 1. The van der Waals surface area contributed by atoms with Crippen molar-refractivity contribution in [2.75, 3.05) is 49.1 Å². The first-order chi connectivity index (χ1) is 13.6. The summed E-state index contributed by atoms with van der Waals surface area (Å²) in [7, 11) is 0. The number of hydrogen-bond donors (Lipinski definition) is 0. The molecule has 1 aromatic rings. The summed E-state index contributed by atoms with van der Waals surface area (Å²) in [4.78, 5) is 29.6. The SMILES string of the molecule is CC1CCN(c2cc(N3CCN(C(=O)OC(C)(C)C)CC3)ccc2[N+](=O)[O-])CC1. The van der Waals surface area contributed by atoms with Crippen molar-refractivity contribution in [2.45, 2.75) is 46.1 Å². The van der Waals surface area contributed by atoms with Gasteiger partial charge in [0.05, 0.1) is 4.92 Å². The lowest BCUT2D eigenvalue weighted by atomic mass is 9.98. The molecule has 0 spiro atoms. The summed E-state index contributed by atoms with van der Waals surface area (Å²) < 4.78 is 5.45. The van der Waals surface area contributed by atoms with Gasteiger partial charge in [-0.05, 0) is 51.7 Å². The van der Waals surface area contributed by atoms with Crippen molar-refractivity contribution < 1.29 is 14.5 Å². The van der Waals surface area contributed by atoms with Crippen molar-refractivity contribution in [1.82, 2.24) is 4.90 Å². The molecule has 29 heavy (non-hydrogen) atoms. The Labute approximate surface area is 172 Å². The predicted molar refractivity (Wildman–Crippen MR) is 114 cm³/mol. The monoisotopic (exact) mass is 404 g/mol. The second kappa shape index (κ2) is 8.47. The van der Waals surface area contributed by atoms with Crippen LogP contribution in [0, 0.1) is 16.0 Å². The van der Waals surface area contributed by atoms with E-state index in [0.29, 0.717) is 37.8 Å². The van der Waals surface area contributed by atoms with E-state index in [-0.39, 0.29) is 16.7 Å². The topological polar surface area (TPSA) is 79.2 Å². The number of piperidine rings is 1. The van der Waals surface area contributed by atoms with Gasteiger partial charge < -0.3 is 19.4 Å². The van der Waals surface area contributed by atoms with Crippen LogP contribution in [0.1, 0.15) is 40.5 Å². The highest BCUT2D eigenvalue weighted by molar-refractivity contribution is 5.71. The zero-order valence-electron chi connectivity index (χ0n) is 17.9. The number of nitro benzene ring substituents is 1. The predicted octanol–water partition coefficient (Wildman–Crippen LogP) is 3.89. The Kier molecular flexibility index (Phi) is 6.19. The molecule has 2 saturated heterocycles. The van der Waals surface area contributed by atoms with E-state index in [4.69, 9.17) is 4.74 Å². The molecule has 8 heteroatoms. The van der Waals surface area contributed by atoms with Gasteiger partial charge in [-0.25, -0.2) is 4.79 Å². The van der Waals surface area contributed by atoms with Crippen LogP contribution in [-0.4, -0.2) is 60.8 Å². The standard InChI is InChI=1S/C21H32N4O4/c1-16-7-9-23(10-8-16)19-15-17(5-6-18(19)25(27)28)22-11-13-24(14-12-22)20(26)29-21(2,3)4/h5-6,15-16H,7-14H2,1-4H3. The fraction of sp³-hybridized carbons (Fsp3) is 0.667. The van der Waals surface area contributed by atoms with Crippen molar-refractivity contribution in [3.63, 3.8) is 0 Å². The van der Waals surface area contributed by atoms with Gasteiger partial charge in [0.15, 0.2) is 0 Å². The molecule has 0 aliphatic carbocycles. The maximum atomic E-state index is 12.3. The van der Waals surface area contributed by atoms with Gasteiger partial charge in [-0.2, -0.15) is 0 Å². The van der Waals surface area contributed by atoms with Crippen LogP contribution in [0.15, 0.2) is 18.2 Å². The first-order valence-electron chi connectivity index (χ1n) is 10.4. The Balaban J connectivity index is 1.71. The molecular weight excluding hydrogens is 372 g/mol. The maximum absolute atomic E-state index is 12.3. The van der Waals surface area contributed by atoms with Crippen LogP contribution in [0.5, 0.6) is 0 Å². The van der Waals surface area contributed by atoms with E-state index in [1.54, 1.807) is 11.0 Å². The minimum atomic E-state index is -0.507. The zero-order chi connectivity index (χ0) is 21.2. The minimum Gasteiger partial charge on any atom is -0.444 e. The van der Waals surface area contributed by atoms with E-state index in [1.807, 2.05) is 32.9 Å². The molecule has 2 aliphatic rings. The van der Waals surface area contributed by atoms with Crippen LogP contribution < -0.4 is 9.80 Å². The Hall–Kier alpha value is -2.51. The van der Waals surface area contributed by atoms with E-state index < -0.39 is 5.60 Å². The van der Waals surface area contributed by atoms with Gasteiger partial charge in [-0.15, -0.1) is 0 Å². The lowest BCUT2D eigenvalue weighted by Crippen LogP contribution is -2.50. The summed E-state index contributed by atoms with van der Waals surface area (Å²) in [5.74, 6) is 0.662. The molecule has 0 aromatic heterocycles. The van der Waals surface area contributed by atoms with Crippen molar-refractivity contribution >= 4 is 23.2 Å². The third kappa shape index (κ3) is 5.31. The van der Waals surface area contributed by atoms with Crippen molar-refractivity contribution in [3.8, 4) is 0 Å². The van der Waals surface area contributed by atoms with Gasteiger partial charge in [0, 0.05) is 51.0 Å². The fourth-order valence-corrected chi connectivity index (χ4v) is 3.84. The number of hydrogen-bond acceptors (Lipinski definition) is 6. The summed E-state index contributed by atoms with van der Waals surface area (Å²) in [6.07, 6.45) is 1.82. The van der Waals surface area contributed by atoms with E-state index in [9.17, 15) is 14.9 Å². The number of amides is 1. The molecule has 2 heterocycles. The van der Waals surface area contributed by atoms with Crippen molar-refractivity contribution in [1.29, 1.82) is 0 Å². The van der Waals surface area contributed by atoms with Crippen LogP contribution in [0.4, 0.5) is 21.9 Å². The highest BCUT2D eigenvalue weighted by Gasteiger charge is 2.28. The zero-order valence-corrected chi connectivity index (χ0v) is 17.9. The quantitative estimate of drug-likeness (QED) is 0.562.